The van der Waals surface area contributed by atoms with Crippen molar-refractivity contribution in [3.8, 4) is 5.75 Å². The predicted molar refractivity (Wildman–Crippen MR) is 114 cm³/mol. The van der Waals surface area contributed by atoms with Gasteiger partial charge in [0.25, 0.3) is 0 Å². The number of rotatable bonds is 5. The third-order valence-corrected chi connectivity index (χ3v) is 6.01. The SMILES string of the molecule is COC(=O)C1=C(C)NC2=C(C(=O)CCC2)[C@@H]1c1ccc(COc2ccccc2Br)o1. The maximum absolute atomic E-state index is 12.8. The van der Waals surface area contributed by atoms with Crippen molar-refractivity contribution in [2.45, 2.75) is 38.7 Å². The second-order valence-electron chi connectivity index (χ2n) is 7.28. The van der Waals surface area contributed by atoms with Gasteiger partial charge in [-0.05, 0) is 60.0 Å². The van der Waals surface area contributed by atoms with Crippen LogP contribution in [0.4, 0.5) is 0 Å². The Morgan fingerprint density at radius 1 is 1.23 bits per heavy atom. The molecule has 0 saturated carbocycles. The third-order valence-electron chi connectivity index (χ3n) is 5.35. The van der Waals surface area contributed by atoms with Crippen LogP contribution in [0.25, 0.3) is 0 Å². The number of Topliss-reactive ketones (excluding diaryl/α,β-unsaturated/α-hetero) is 1. The van der Waals surface area contributed by atoms with Crippen LogP contribution < -0.4 is 10.1 Å². The third kappa shape index (κ3) is 3.81. The second kappa shape index (κ2) is 8.52. The summed E-state index contributed by atoms with van der Waals surface area (Å²) in [7, 11) is 1.34. The minimum absolute atomic E-state index is 0.0325. The molecule has 1 aliphatic carbocycles. The summed E-state index contributed by atoms with van der Waals surface area (Å²) in [6, 6.07) is 11.2. The molecule has 1 atom stereocenters. The van der Waals surface area contributed by atoms with E-state index in [1.165, 1.54) is 7.11 Å². The molecule has 0 spiro atoms. The summed E-state index contributed by atoms with van der Waals surface area (Å²) in [5.41, 5.74) is 2.55. The molecule has 1 aliphatic heterocycles. The molecule has 0 saturated heterocycles. The Hall–Kier alpha value is -2.80. The van der Waals surface area contributed by atoms with Crippen LogP contribution in [-0.2, 0) is 20.9 Å². The average Bonchev–Trinajstić information content (AvgIpc) is 3.20. The number of ether oxygens (including phenoxy) is 2. The minimum Gasteiger partial charge on any atom is -0.484 e. The maximum Gasteiger partial charge on any atom is 0.336 e. The molecular formula is C23H22BrNO5. The summed E-state index contributed by atoms with van der Waals surface area (Å²) >= 11 is 3.46. The van der Waals surface area contributed by atoms with E-state index < -0.39 is 11.9 Å². The van der Waals surface area contributed by atoms with Crippen LogP contribution in [0, 0.1) is 0 Å². The van der Waals surface area contributed by atoms with Gasteiger partial charge in [-0.25, -0.2) is 4.79 Å². The molecule has 1 aromatic carbocycles. The largest absolute Gasteiger partial charge is 0.484 e. The number of halogens is 1. The average molecular weight is 472 g/mol. The van der Waals surface area contributed by atoms with Gasteiger partial charge in [-0.15, -0.1) is 0 Å². The lowest BCUT2D eigenvalue weighted by atomic mass is 9.77. The molecule has 0 fully saturated rings. The van der Waals surface area contributed by atoms with E-state index in [1.807, 2.05) is 37.3 Å². The molecular weight excluding hydrogens is 450 g/mol. The summed E-state index contributed by atoms with van der Waals surface area (Å²) in [6.45, 7) is 2.05. The first kappa shape index (κ1) is 20.5. The van der Waals surface area contributed by atoms with Crippen molar-refractivity contribution in [2.24, 2.45) is 0 Å². The molecule has 0 amide bonds. The summed E-state index contributed by atoms with van der Waals surface area (Å²) in [5, 5.41) is 3.24. The molecule has 30 heavy (non-hydrogen) atoms. The van der Waals surface area contributed by atoms with Gasteiger partial charge in [-0.2, -0.15) is 0 Å². The van der Waals surface area contributed by atoms with Gasteiger partial charge in [0.15, 0.2) is 5.78 Å². The van der Waals surface area contributed by atoms with Crippen LogP contribution >= 0.6 is 15.9 Å². The van der Waals surface area contributed by atoms with E-state index in [9.17, 15) is 9.59 Å². The summed E-state index contributed by atoms with van der Waals surface area (Å²) in [4.78, 5) is 25.4. The van der Waals surface area contributed by atoms with Gasteiger partial charge in [0, 0.05) is 23.4 Å². The van der Waals surface area contributed by atoms with Gasteiger partial charge < -0.3 is 19.2 Å². The zero-order valence-electron chi connectivity index (χ0n) is 16.8. The number of hydrogen-bond donors (Lipinski definition) is 1. The van der Waals surface area contributed by atoms with E-state index in [1.54, 1.807) is 6.07 Å². The molecule has 7 heteroatoms. The fraction of sp³-hybridized carbons (Fsp3) is 0.304. The zero-order chi connectivity index (χ0) is 21.3. The van der Waals surface area contributed by atoms with Gasteiger partial charge in [0.1, 0.15) is 23.9 Å². The number of para-hydroxylation sites is 1. The predicted octanol–water partition coefficient (Wildman–Crippen LogP) is 4.76. The Labute approximate surface area is 183 Å². The highest BCUT2D eigenvalue weighted by Crippen LogP contribution is 2.43. The fourth-order valence-electron chi connectivity index (χ4n) is 3.99. The fourth-order valence-corrected chi connectivity index (χ4v) is 4.39. The van der Waals surface area contributed by atoms with E-state index in [0.29, 0.717) is 40.5 Å². The van der Waals surface area contributed by atoms with E-state index in [2.05, 4.69) is 21.2 Å². The van der Waals surface area contributed by atoms with Crippen molar-refractivity contribution >= 4 is 27.7 Å². The Morgan fingerprint density at radius 2 is 2.03 bits per heavy atom. The summed E-state index contributed by atoms with van der Waals surface area (Å²) < 4.78 is 17.8. The van der Waals surface area contributed by atoms with Crippen molar-refractivity contribution in [3.05, 3.63) is 74.9 Å². The Kier molecular flexibility index (Phi) is 5.81. The van der Waals surface area contributed by atoms with Gasteiger partial charge in [0.2, 0.25) is 0 Å². The number of furan rings is 1. The van der Waals surface area contributed by atoms with E-state index in [4.69, 9.17) is 13.9 Å². The highest BCUT2D eigenvalue weighted by Gasteiger charge is 2.40. The lowest BCUT2D eigenvalue weighted by molar-refractivity contribution is -0.136. The van der Waals surface area contributed by atoms with Crippen LogP contribution in [0.2, 0.25) is 0 Å². The lowest BCUT2D eigenvalue weighted by Crippen LogP contribution is -2.34. The van der Waals surface area contributed by atoms with Gasteiger partial charge >= 0.3 is 5.97 Å². The number of dihydropyridines is 1. The number of ketones is 1. The number of hydrogen-bond acceptors (Lipinski definition) is 6. The number of esters is 1. The molecule has 0 bridgehead atoms. The van der Waals surface area contributed by atoms with Gasteiger partial charge in [0.05, 0.1) is 23.1 Å². The number of methoxy groups -OCH3 is 1. The van der Waals surface area contributed by atoms with E-state index in [-0.39, 0.29) is 12.4 Å². The Morgan fingerprint density at radius 3 is 2.80 bits per heavy atom. The molecule has 4 rings (SSSR count). The van der Waals surface area contributed by atoms with E-state index in [0.717, 1.165) is 23.0 Å². The highest BCUT2D eigenvalue weighted by molar-refractivity contribution is 9.10. The number of benzene rings is 1. The molecule has 0 radical (unpaired) electrons. The molecule has 2 heterocycles. The number of nitrogens with one attached hydrogen (secondary N) is 1. The molecule has 156 valence electrons. The second-order valence-corrected chi connectivity index (χ2v) is 8.13. The van der Waals surface area contributed by atoms with Crippen molar-refractivity contribution in [3.63, 3.8) is 0 Å². The van der Waals surface area contributed by atoms with E-state index >= 15 is 0 Å². The molecule has 0 unspecified atom stereocenters. The van der Waals surface area contributed by atoms with Crippen molar-refractivity contribution < 1.29 is 23.5 Å². The topological polar surface area (TPSA) is 77.8 Å². The lowest BCUT2D eigenvalue weighted by Gasteiger charge is -2.32. The molecule has 2 aromatic rings. The highest BCUT2D eigenvalue weighted by atomic mass is 79.9. The van der Waals surface area contributed by atoms with Crippen LogP contribution in [-0.4, -0.2) is 18.9 Å². The first-order valence-electron chi connectivity index (χ1n) is 9.78. The minimum atomic E-state index is -0.585. The molecule has 1 N–H and O–H groups in total. The number of allylic oxidation sites excluding steroid dienone is 3. The van der Waals surface area contributed by atoms with Gasteiger partial charge in [-0.1, -0.05) is 12.1 Å². The zero-order valence-corrected chi connectivity index (χ0v) is 18.4. The molecule has 6 nitrogen and oxygen atoms in total. The molecule has 2 aliphatic rings. The van der Waals surface area contributed by atoms with Crippen molar-refractivity contribution in [2.75, 3.05) is 7.11 Å². The van der Waals surface area contributed by atoms with Crippen LogP contribution in [0.1, 0.15) is 43.6 Å². The molecule has 1 aromatic heterocycles. The van der Waals surface area contributed by atoms with Gasteiger partial charge in [-0.3, -0.25) is 4.79 Å². The van der Waals surface area contributed by atoms with Crippen LogP contribution in [0.15, 0.2) is 67.8 Å². The number of carbonyl (C=O) groups is 2. The quantitative estimate of drug-likeness (QED) is 0.633. The first-order chi connectivity index (χ1) is 14.5. The Bertz CT molecular complexity index is 1070. The summed E-state index contributed by atoms with van der Waals surface area (Å²) in [5.74, 6) is 0.813. The normalized spacial score (nSPS) is 18.8. The monoisotopic (exact) mass is 471 g/mol. The van der Waals surface area contributed by atoms with Crippen LogP contribution in [0.3, 0.4) is 0 Å². The standard InChI is InChI=1S/C23H22BrNO5/c1-13-20(23(27)28-2)22(21-16(25-13)7-5-8-17(21)26)19-11-10-14(30-19)12-29-18-9-4-3-6-15(18)24/h3-4,6,9-11,22,25H,5,7-8,12H2,1-2H3/t22-/m1/s1. The van der Waals surface area contributed by atoms with Crippen LogP contribution in [0.5, 0.6) is 5.75 Å². The maximum atomic E-state index is 12.8. The number of carbonyl (C=O) groups excluding carboxylic acids is 2. The first-order valence-corrected chi connectivity index (χ1v) is 10.6. The van der Waals surface area contributed by atoms with Crippen molar-refractivity contribution in [1.29, 1.82) is 0 Å². The van der Waals surface area contributed by atoms with Crippen molar-refractivity contribution in [1.82, 2.24) is 5.32 Å². The smallest absolute Gasteiger partial charge is 0.336 e. The summed E-state index contributed by atoms with van der Waals surface area (Å²) in [6.07, 6.45) is 2.02. The Balaban J connectivity index is 1.66.